The van der Waals surface area contributed by atoms with Gasteiger partial charge in [-0.1, -0.05) is 18.2 Å². The lowest BCUT2D eigenvalue weighted by Gasteiger charge is -2.17. The first-order chi connectivity index (χ1) is 8.68. The monoisotopic (exact) mass is 248 g/mol. The van der Waals surface area contributed by atoms with Crippen LogP contribution in [0.2, 0.25) is 0 Å². The molecule has 0 radical (unpaired) electrons. The number of fused-ring (bicyclic) bond motifs is 1. The molecule has 0 saturated carbocycles. The Balaban J connectivity index is 1.86. The number of benzene rings is 1. The molecule has 1 aromatic rings. The maximum atomic E-state index is 11.9. The smallest absolute Gasteiger partial charge is 0.321 e. The van der Waals surface area contributed by atoms with Crippen LogP contribution in [0, 0.1) is 0 Å². The molecule has 5 nitrogen and oxygen atoms in total. The number of urea groups is 1. The van der Waals surface area contributed by atoms with E-state index in [-0.39, 0.29) is 12.5 Å². The summed E-state index contributed by atoms with van der Waals surface area (Å²) in [6.45, 7) is 1.08. The fourth-order valence-electron chi connectivity index (χ4n) is 2.08. The molecule has 2 amide bonds. The third kappa shape index (κ3) is 2.80. The number of hydrogen-bond donors (Lipinski definition) is 2. The van der Waals surface area contributed by atoms with E-state index in [2.05, 4.69) is 5.32 Å². The second-order valence-electron chi connectivity index (χ2n) is 4.26. The number of amides is 2. The molecule has 0 saturated heterocycles. The van der Waals surface area contributed by atoms with Crippen molar-refractivity contribution in [2.75, 3.05) is 18.0 Å². The van der Waals surface area contributed by atoms with Crippen LogP contribution in [-0.4, -0.2) is 30.2 Å². The van der Waals surface area contributed by atoms with Crippen molar-refractivity contribution < 1.29 is 14.7 Å². The normalized spacial score (nSPS) is 13.2. The van der Waals surface area contributed by atoms with E-state index in [1.807, 2.05) is 24.3 Å². The molecular weight excluding hydrogens is 232 g/mol. The lowest BCUT2D eigenvalue weighted by atomic mass is 10.2. The highest BCUT2D eigenvalue weighted by atomic mass is 16.4. The fraction of sp³-hybridized carbons (Fsp3) is 0.385. The Morgan fingerprint density at radius 3 is 2.89 bits per heavy atom. The fourth-order valence-corrected chi connectivity index (χ4v) is 2.08. The number of aliphatic carboxylic acids is 1. The largest absolute Gasteiger partial charge is 0.481 e. The van der Waals surface area contributed by atoms with Crippen LogP contribution in [0.1, 0.15) is 18.4 Å². The SMILES string of the molecule is O=C(O)CCCNC(=O)N1CCc2ccccc21. The molecule has 1 aliphatic heterocycles. The van der Waals surface area contributed by atoms with Gasteiger partial charge in [0.1, 0.15) is 0 Å². The Hall–Kier alpha value is -2.04. The van der Waals surface area contributed by atoms with E-state index in [1.54, 1.807) is 4.90 Å². The predicted octanol–water partition coefficient (Wildman–Crippen LogP) is 1.62. The van der Waals surface area contributed by atoms with Crippen molar-refractivity contribution in [3.8, 4) is 0 Å². The second kappa shape index (κ2) is 5.53. The molecular formula is C13H16N2O3. The average molecular weight is 248 g/mol. The molecule has 1 aromatic carbocycles. The molecule has 0 atom stereocenters. The van der Waals surface area contributed by atoms with Crippen LogP contribution in [0.4, 0.5) is 10.5 Å². The summed E-state index contributed by atoms with van der Waals surface area (Å²) in [5, 5.41) is 11.2. The Morgan fingerprint density at radius 1 is 1.33 bits per heavy atom. The summed E-state index contributed by atoms with van der Waals surface area (Å²) in [4.78, 5) is 24.0. The van der Waals surface area contributed by atoms with Crippen LogP contribution >= 0.6 is 0 Å². The minimum absolute atomic E-state index is 0.0802. The molecule has 0 bridgehead atoms. The highest BCUT2D eigenvalue weighted by Gasteiger charge is 2.23. The van der Waals surface area contributed by atoms with E-state index >= 15 is 0 Å². The Bertz CT molecular complexity index is 459. The number of anilines is 1. The summed E-state index contributed by atoms with van der Waals surface area (Å²) in [6, 6.07) is 7.68. The van der Waals surface area contributed by atoms with Gasteiger partial charge in [-0.25, -0.2) is 4.79 Å². The second-order valence-corrected chi connectivity index (χ2v) is 4.26. The van der Waals surface area contributed by atoms with E-state index in [4.69, 9.17) is 5.11 Å². The van der Waals surface area contributed by atoms with Crippen molar-refractivity contribution in [3.05, 3.63) is 29.8 Å². The number of para-hydroxylation sites is 1. The number of carbonyl (C=O) groups is 2. The molecule has 2 rings (SSSR count). The third-order valence-electron chi connectivity index (χ3n) is 2.98. The maximum absolute atomic E-state index is 11.9. The molecule has 18 heavy (non-hydrogen) atoms. The van der Waals surface area contributed by atoms with Crippen molar-refractivity contribution in [1.29, 1.82) is 0 Å². The molecule has 1 heterocycles. The van der Waals surface area contributed by atoms with Crippen LogP contribution < -0.4 is 10.2 Å². The summed E-state index contributed by atoms with van der Waals surface area (Å²) in [7, 11) is 0. The molecule has 0 unspecified atom stereocenters. The molecule has 0 spiro atoms. The average Bonchev–Trinajstić information content (AvgIpc) is 2.78. The van der Waals surface area contributed by atoms with E-state index in [1.165, 1.54) is 5.56 Å². The quantitative estimate of drug-likeness (QED) is 0.795. The number of nitrogens with zero attached hydrogens (tertiary/aromatic N) is 1. The van der Waals surface area contributed by atoms with Crippen LogP contribution in [-0.2, 0) is 11.2 Å². The van der Waals surface area contributed by atoms with Crippen LogP contribution in [0.3, 0.4) is 0 Å². The first-order valence-corrected chi connectivity index (χ1v) is 6.03. The molecule has 1 aliphatic rings. The molecule has 0 aromatic heterocycles. The van der Waals surface area contributed by atoms with Gasteiger partial charge in [-0.2, -0.15) is 0 Å². The Kier molecular flexibility index (Phi) is 3.82. The van der Waals surface area contributed by atoms with Crippen molar-refractivity contribution in [2.45, 2.75) is 19.3 Å². The highest BCUT2D eigenvalue weighted by Crippen LogP contribution is 2.27. The number of carbonyl (C=O) groups excluding carboxylic acids is 1. The molecule has 5 heteroatoms. The van der Waals surface area contributed by atoms with Gasteiger partial charge in [-0.05, 0) is 24.5 Å². The first kappa shape index (κ1) is 12.4. The van der Waals surface area contributed by atoms with Gasteiger partial charge in [-0.3, -0.25) is 9.69 Å². The minimum atomic E-state index is -0.837. The molecule has 2 N–H and O–H groups in total. The van der Waals surface area contributed by atoms with Gasteiger partial charge in [0.25, 0.3) is 0 Å². The summed E-state index contributed by atoms with van der Waals surface area (Å²) in [5.41, 5.74) is 2.13. The van der Waals surface area contributed by atoms with Gasteiger partial charge in [0.15, 0.2) is 0 Å². The lowest BCUT2D eigenvalue weighted by molar-refractivity contribution is -0.137. The van der Waals surface area contributed by atoms with Gasteiger partial charge in [0, 0.05) is 25.2 Å². The maximum Gasteiger partial charge on any atom is 0.321 e. The summed E-state index contributed by atoms with van der Waals surface area (Å²) < 4.78 is 0. The zero-order valence-corrected chi connectivity index (χ0v) is 10.1. The standard InChI is InChI=1S/C13H16N2O3/c16-12(17)6-3-8-14-13(18)15-9-7-10-4-1-2-5-11(10)15/h1-2,4-5H,3,6-9H2,(H,14,18)(H,16,17). The van der Waals surface area contributed by atoms with Gasteiger partial charge in [-0.15, -0.1) is 0 Å². The first-order valence-electron chi connectivity index (χ1n) is 6.03. The number of hydrogen-bond acceptors (Lipinski definition) is 2. The zero-order valence-electron chi connectivity index (χ0n) is 10.1. The number of nitrogens with one attached hydrogen (secondary N) is 1. The van der Waals surface area contributed by atoms with Crippen LogP contribution in [0.25, 0.3) is 0 Å². The number of carboxylic acid groups (broad SMARTS) is 1. The Morgan fingerprint density at radius 2 is 2.11 bits per heavy atom. The molecule has 0 fully saturated rings. The Labute approximate surface area is 105 Å². The summed E-state index contributed by atoms with van der Waals surface area (Å²) >= 11 is 0. The predicted molar refractivity (Wildman–Crippen MR) is 67.8 cm³/mol. The van der Waals surface area contributed by atoms with E-state index in [0.29, 0.717) is 19.5 Å². The van der Waals surface area contributed by atoms with Gasteiger partial charge in [0.2, 0.25) is 0 Å². The number of carboxylic acids is 1. The van der Waals surface area contributed by atoms with Crippen molar-refractivity contribution >= 4 is 17.7 Å². The van der Waals surface area contributed by atoms with E-state index < -0.39 is 5.97 Å². The zero-order chi connectivity index (χ0) is 13.0. The molecule has 0 aliphatic carbocycles. The topological polar surface area (TPSA) is 69.6 Å². The van der Waals surface area contributed by atoms with Gasteiger partial charge >= 0.3 is 12.0 Å². The van der Waals surface area contributed by atoms with Gasteiger partial charge in [0.05, 0.1) is 0 Å². The number of rotatable bonds is 4. The third-order valence-corrected chi connectivity index (χ3v) is 2.98. The highest BCUT2D eigenvalue weighted by molar-refractivity contribution is 5.94. The van der Waals surface area contributed by atoms with Crippen LogP contribution in [0.5, 0.6) is 0 Å². The summed E-state index contributed by atoms with van der Waals surface area (Å²) in [6.07, 6.45) is 1.41. The minimum Gasteiger partial charge on any atom is -0.481 e. The van der Waals surface area contributed by atoms with Gasteiger partial charge < -0.3 is 10.4 Å². The van der Waals surface area contributed by atoms with E-state index in [9.17, 15) is 9.59 Å². The molecule has 96 valence electrons. The lowest BCUT2D eigenvalue weighted by Crippen LogP contribution is -2.39. The van der Waals surface area contributed by atoms with Crippen molar-refractivity contribution in [3.63, 3.8) is 0 Å². The summed E-state index contributed by atoms with van der Waals surface area (Å²) in [5.74, 6) is -0.837. The van der Waals surface area contributed by atoms with Crippen molar-refractivity contribution in [1.82, 2.24) is 5.32 Å². The van der Waals surface area contributed by atoms with E-state index in [0.717, 1.165) is 12.1 Å². The van der Waals surface area contributed by atoms with Crippen molar-refractivity contribution in [2.24, 2.45) is 0 Å². The van der Waals surface area contributed by atoms with Crippen LogP contribution in [0.15, 0.2) is 24.3 Å².